The number of aromatic nitrogens is 3. The Balaban J connectivity index is 2.51. The van der Waals surface area contributed by atoms with E-state index in [0.29, 0.717) is 5.95 Å². The minimum atomic E-state index is 0.595. The Hall–Kier alpha value is -2.17. The summed E-state index contributed by atoms with van der Waals surface area (Å²) >= 11 is 0. The summed E-state index contributed by atoms with van der Waals surface area (Å²) in [5.74, 6) is 1.50. The number of hydrogen-bond donors (Lipinski definition) is 1. The second-order valence-electron chi connectivity index (χ2n) is 2.94. The number of nitrogens with zero attached hydrogens (tertiary/aromatic N) is 4. The quantitative estimate of drug-likeness (QED) is 0.731. The van der Waals surface area contributed by atoms with Crippen LogP contribution in [-0.4, -0.2) is 20.9 Å². The van der Waals surface area contributed by atoms with Crippen LogP contribution in [0.25, 0.3) is 11.7 Å². The number of rotatable bonds is 1. The molecule has 14 heavy (non-hydrogen) atoms. The SMILES string of the molecule is C=Cc1ccc2nnc3n2c1NC=N3. The van der Waals surface area contributed by atoms with E-state index >= 15 is 0 Å². The van der Waals surface area contributed by atoms with Gasteiger partial charge in [0, 0.05) is 5.56 Å². The zero-order valence-corrected chi connectivity index (χ0v) is 7.31. The molecule has 1 aliphatic heterocycles. The molecule has 1 aliphatic rings. The molecule has 0 fully saturated rings. The Morgan fingerprint density at radius 2 is 2.29 bits per heavy atom. The summed E-state index contributed by atoms with van der Waals surface area (Å²) in [5, 5.41) is 11.0. The van der Waals surface area contributed by atoms with Gasteiger partial charge in [-0.05, 0) is 12.1 Å². The Kier molecular flexibility index (Phi) is 1.25. The van der Waals surface area contributed by atoms with Crippen LogP contribution in [0.2, 0.25) is 0 Å². The van der Waals surface area contributed by atoms with E-state index in [9.17, 15) is 0 Å². The van der Waals surface area contributed by atoms with Crippen molar-refractivity contribution in [3.05, 3.63) is 24.3 Å². The lowest BCUT2D eigenvalue weighted by Crippen LogP contribution is -2.07. The summed E-state index contributed by atoms with van der Waals surface area (Å²) in [6, 6.07) is 3.84. The van der Waals surface area contributed by atoms with Crippen molar-refractivity contribution in [2.24, 2.45) is 4.99 Å². The average molecular weight is 185 g/mol. The minimum absolute atomic E-state index is 0.595. The molecule has 0 aromatic carbocycles. The maximum atomic E-state index is 4.07. The van der Waals surface area contributed by atoms with E-state index in [1.165, 1.54) is 0 Å². The van der Waals surface area contributed by atoms with Crippen LogP contribution in [0.3, 0.4) is 0 Å². The number of aliphatic imine (C=N–C) groups is 1. The first-order valence-corrected chi connectivity index (χ1v) is 4.20. The molecular formula is C9H7N5. The van der Waals surface area contributed by atoms with Gasteiger partial charge in [0.2, 0.25) is 0 Å². The Labute approximate surface area is 79.8 Å². The van der Waals surface area contributed by atoms with Gasteiger partial charge in [0.1, 0.15) is 5.82 Å². The predicted octanol–water partition coefficient (Wildman–Crippen LogP) is 1.46. The van der Waals surface area contributed by atoms with Crippen molar-refractivity contribution < 1.29 is 0 Å². The summed E-state index contributed by atoms with van der Waals surface area (Å²) in [7, 11) is 0. The molecule has 0 saturated heterocycles. The monoisotopic (exact) mass is 185 g/mol. The maximum Gasteiger partial charge on any atom is 0.258 e. The number of hydrogen-bond acceptors (Lipinski definition) is 4. The summed E-state index contributed by atoms with van der Waals surface area (Å²) in [6.45, 7) is 3.75. The number of pyridine rings is 1. The van der Waals surface area contributed by atoms with Crippen molar-refractivity contribution in [2.75, 3.05) is 5.32 Å². The Morgan fingerprint density at radius 3 is 3.14 bits per heavy atom. The highest BCUT2D eigenvalue weighted by atomic mass is 15.3. The summed E-state index contributed by atoms with van der Waals surface area (Å²) < 4.78 is 1.86. The molecule has 0 aliphatic carbocycles. The highest BCUT2D eigenvalue weighted by Gasteiger charge is 2.13. The second kappa shape index (κ2) is 2.41. The van der Waals surface area contributed by atoms with Crippen molar-refractivity contribution >= 4 is 29.8 Å². The van der Waals surface area contributed by atoms with Gasteiger partial charge in [0.15, 0.2) is 5.65 Å². The average Bonchev–Trinajstić information content (AvgIpc) is 2.65. The number of nitrogens with one attached hydrogen (secondary N) is 1. The molecule has 0 atom stereocenters. The fraction of sp³-hybridized carbons (Fsp3) is 0. The van der Waals surface area contributed by atoms with Crippen LogP contribution < -0.4 is 5.32 Å². The molecule has 0 radical (unpaired) electrons. The minimum Gasteiger partial charge on any atom is -0.331 e. The molecule has 5 nitrogen and oxygen atoms in total. The molecule has 5 heteroatoms. The van der Waals surface area contributed by atoms with Crippen LogP contribution >= 0.6 is 0 Å². The molecule has 3 rings (SSSR count). The first-order valence-electron chi connectivity index (χ1n) is 4.20. The molecule has 1 N–H and O–H groups in total. The third-order valence-corrected chi connectivity index (χ3v) is 2.18. The lowest BCUT2D eigenvalue weighted by atomic mass is 10.2. The standard InChI is InChI=1S/C9H7N5/c1-2-6-3-4-7-12-13-9-11-5-10-8(6)14(7)9/h2-5H,1H2,(H,10,11,13). The van der Waals surface area contributed by atoms with Gasteiger partial charge in [-0.25, -0.2) is 9.39 Å². The van der Waals surface area contributed by atoms with Gasteiger partial charge in [-0.3, -0.25) is 0 Å². The van der Waals surface area contributed by atoms with Crippen molar-refractivity contribution in [1.82, 2.24) is 14.6 Å². The van der Waals surface area contributed by atoms with Crippen LogP contribution in [0.4, 0.5) is 11.8 Å². The van der Waals surface area contributed by atoms with Crippen molar-refractivity contribution in [3.63, 3.8) is 0 Å². The van der Waals surface area contributed by atoms with Crippen molar-refractivity contribution in [3.8, 4) is 0 Å². The summed E-state index contributed by atoms with van der Waals surface area (Å²) in [6.07, 6.45) is 3.39. The van der Waals surface area contributed by atoms with E-state index in [1.54, 1.807) is 12.4 Å². The van der Waals surface area contributed by atoms with E-state index in [0.717, 1.165) is 17.0 Å². The van der Waals surface area contributed by atoms with Gasteiger partial charge >= 0.3 is 0 Å². The van der Waals surface area contributed by atoms with Crippen LogP contribution in [0.15, 0.2) is 23.7 Å². The first-order chi connectivity index (χ1) is 6.90. The predicted molar refractivity (Wildman–Crippen MR) is 54.9 cm³/mol. The van der Waals surface area contributed by atoms with E-state index in [1.807, 2.05) is 16.5 Å². The smallest absolute Gasteiger partial charge is 0.258 e. The highest BCUT2D eigenvalue weighted by Crippen LogP contribution is 2.25. The molecule has 68 valence electrons. The fourth-order valence-electron chi connectivity index (χ4n) is 1.53. The van der Waals surface area contributed by atoms with Gasteiger partial charge < -0.3 is 5.32 Å². The molecule has 3 heterocycles. The highest BCUT2D eigenvalue weighted by molar-refractivity contribution is 5.84. The lowest BCUT2D eigenvalue weighted by Gasteiger charge is -2.11. The maximum absolute atomic E-state index is 4.07. The topological polar surface area (TPSA) is 54.6 Å². The van der Waals surface area contributed by atoms with Gasteiger partial charge in [0.05, 0.1) is 6.34 Å². The van der Waals surface area contributed by atoms with Crippen LogP contribution in [-0.2, 0) is 0 Å². The molecule has 0 saturated carbocycles. The molecule has 0 bridgehead atoms. The second-order valence-corrected chi connectivity index (χ2v) is 2.94. The third kappa shape index (κ3) is 0.756. The van der Waals surface area contributed by atoms with E-state index in [2.05, 4.69) is 27.1 Å². The largest absolute Gasteiger partial charge is 0.331 e. The van der Waals surface area contributed by atoms with E-state index in [4.69, 9.17) is 0 Å². The molecule has 0 spiro atoms. The van der Waals surface area contributed by atoms with Crippen molar-refractivity contribution in [1.29, 1.82) is 0 Å². The third-order valence-electron chi connectivity index (χ3n) is 2.18. The number of anilines is 1. The zero-order chi connectivity index (χ0) is 9.54. The van der Waals surface area contributed by atoms with Crippen LogP contribution in [0.5, 0.6) is 0 Å². The summed E-state index contributed by atoms with van der Waals surface area (Å²) in [4.78, 5) is 4.07. The van der Waals surface area contributed by atoms with Crippen LogP contribution in [0, 0.1) is 0 Å². The van der Waals surface area contributed by atoms with E-state index in [-0.39, 0.29) is 0 Å². The first kappa shape index (κ1) is 7.25. The van der Waals surface area contributed by atoms with Gasteiger partial charge in [0.25, 0.3) is 5.95 Å². The molecular weight excluding hydrogens is 178 g/mol. The molecule has 2 aromatic heterocycles. The normalized spacial score (nSPS) is 12.9. The Bertz CT molecular complexity index is 552. The van der Waals surface area contributed by atoms with Gasteiger partial charge in [-0.2, -0.15) is 0 Å². The molecule has 0 amide bonds. The van der Waals surface area contributed by atoms with Crippen LogP contribution in [0.1, 0.15) is 5.56 Å². The fourth-order valence-corrected chi connectivity index (χ4v) is 1.53. The molecule has 0 unspecified atom stereocenters. The Morgan fingerprint density at radius 1 is 1.36 bits per heavy atom. The lowest BCUT2D eigenvalue weighted by molar-refractivity contribution is 1.08. The molecule has 2 aromatic rings. The van der Waals surface area contributed by atoms with E-state index < -0.39 is 0 Å². The van der Waals surface area contributed by atoms with Gasteiger partial charge in [-0.1, -0.05) is 12.7 Å². The van der Waals surface area contributed by atoms with Crippen molar-refractivity contribution in [2.45, 2.75) is 0 Å². The summed E-state index contributed by atoms with van der Waals surface area (Å²) in [5.41, 5.74) is 1.79. The van der Waals surface area contributed by atoms with Gasteiger partial charge in [-0.15, -0.1) is 10.2 Å². The zero-order valence-electron chi connectivity index (χ0n) is 7.31.